The van der Waals surface area contributed by atoms with Crippen molar-refractivity contribution in [2.45, 2.75) is 23.8 Å². The van der Waals surface area contributed by atoms with Crippen LogP contribution in [-0.2, 0) is 10.0 Å². The number of fused-ring (bicyclic) bond motifs is 1. The van der Waals surface area contributed by atoms with Gasteiger partial charge in [0.25, 0.3) is 0 Å². The number of benzene rings is 1. The molecule has 0 radical (unpaired) electrons. The fourth-order valence-electron chi connectivity index (χ4n) is 3.23. The fourth-order valence-corrected chi connectivity index (χ4v) is 4.94. The first-order chi connectivity index (χ1) is 12.1. The third kappa shape index (κ3) is 2.58. The molecule has 0 aliphatic carbocycles. The standard InChI is InChI=1S/C17H15N5O2S/c18-12-13-5-3-6-14(11-13)25(23,24)22-10-4-7-15(22)17-20-19-16-8-1-2-9-21(16)17/h1-3,5-6,8-9,11,15H,4,7,10H2. The second-order valence-electron chi connectivity index (χ2n) is 5.90. The molecule has 0 N–H and O–H groups in total. The lowest BCUT2D eigenvalue weighted by Gasteiger charge is -2.23. The molecule has 1 atom stereocenters. The third-order valence-corrected chi connectivity index (χ3v) is 6.32. The molecule has 3 aromatic rings. The van der Waals surface area contributed by atoms with E-state index >= 15 is 0 Å². The highest BCUT2D eigenvalue weighted by Gasteiger charge is 2.38. The maximum atomic E-state index is 13.1. The van der Waals surface area contributed by atoms with Crippen LogP contribution in [0.1, 0.15) is 30.3 Å². The van der Waals surface area contributed by atoms with E-state index in [4.69, 9.17) is 5.26 Å². The number of nitrogens with zero attached hydrogens (tertiary/aromatic N) is 5. The molecule has 1 unspecified atom stereocenters. The molecule has 0 saturated carbocycles. The molecule has 8 heteroatoms. The van der Waals surface area contributed by atoms with E-state index in [1.54, 1.807) is 12.1 Å². The molecule has 0 amide bonds. The molecule has 1 saturated heterocycles. The quantitative estimate of drug-likeness (QED) is 0.719. The Labute approximate surface area is 145 Å². The second-order valence-corrected chi connectivity index (χ2v) is 7.79. The van der Waals surface area contributed by atoms with E-state index in [0.717, 1.165) is 6.42 Å². The summed E-state index contributed by atoms with van der Waals surface area (Å²) in [5.74, 6) is 0.619. The molecule has 1 aromatic carbocycles. The van der Waals surface area contributed by atoms with Gasteiger partial charge in [0.2, 0.25) is 10.0 Å². The van der Waals surface area contributed by atoms with Gasteiger partial charge in [0.1, 0.15) is 0 Å². The van der Waals surface area contributed by atoms with Gasteiger partial charge >= 0.3 is 0 Å². The Hall–Kier alpha value is -2.76. The van der Waals surface area contributed by atoms with Crippen LogP contribution < -0.4 is 0 Å². The molecule has 4 rings (SSSR count). The number of aromatic nitrogens is 3. The first-order valence-corrected chi connectivity index (χ1v) is 9.37. The van der Waals surface area contributed by atoms with Gasteiger partial charge in [-0.15, -0.1) is 10.2 Å². The Balaban J connectivity index is 1.77. The minimum absolute atomic E-state index is 0.132. The molecule has 25 heavy (non-hydrogen) atoms. The zero-order valence-electron chi connectivity index (χ0n) is 13.3. The highest BCUT2D eigenvalue weighted by atomic mass is 32.2. The lowest BCUT2D eigenvalue weighted by atomic mass is 10.2. The van der Waals surface area contributed by atoms with Gasteiger partial charge in [-0.2, -0.15) is 9.57 Å². The maximum absolute atomic E-state index is 13.1. The normalized spacial score (nSPS) is 18.4. The highest BCUT2D eigenvalue weighted by Crippen LogP contribution is 2.35. The Morgan fingerprint density at radius 2 is 2.04 bits per heavy atom. The predicted molar refractivity (Wildman–Crippen MR) is 90.0 cm³/mol. The summed E-state index contributed by atoms with van der Waals surface area (Å²) >= 11 is 0. The lowest BCUT2D eigenvalue weighted by molar-refractivity contribution is 0.381. The van der Waals surface area contributed by atoms with Gasteiger partial charge in [-0.25, -0.2) is 8.42 Å². The van der Waals surface area contributed by atoms with Crippen LogP contribution in [0.2, 0.25) is 0 Å². The SMILES string of the molecule is N#Cc1cccc(S(=O)(=O)N2CCCC2c2nnc3ccccn23)c1. The zero-order chi connectivity index (χ0) is 17.4. The molecule has 1 aliphatic rings. The van der Waals surface area contributed by atoms with Gasteiger partial charge in [0.15, 0.2) is 11.5 Å². The fraction of sp³-hybridized carbons (Fsp3) is 0.235. The Morgan fingerprint density at radius 3 is 2.88 bits per heavy atom. The van der Waals surface area contributed by atoms with E-state index in [1.807, 2.05) is 34.9 Å². The highest BCUT2D eigenvalue weighted by molar-refractivity contribution is 7.89. The topological polar surface area (TPSA) is 91.4 Å². The lowest BCUT2D eigenvalue weighted by Crippen LogP contribution is -2.31. The summed E-state index contributed by atoms with van der Waals surface area (Å²) in [6, 6.07) is 13.3. The first-order valence-electron chi connectivity index (χ1n) is 7.93. The molecule has 0 bridgehead atoms. The predicted octanol–water partition coefficient (Wildman–Crippen LogP) is 2.13. The van der Waals surface area contributed by atoms with Crippen LogP contribution in [0.4, 0.5) is 0 Å². The molecule has 0 spiro atoms. The number of nitriles is 1. The van der Waals surface area contributed by atoms with Crippen molar-refractivity contribution in [3.63, 3.8) is 0 Å². The van der Waals surface area contributed by atoms with E-state index in [0.29, 0.717) is 30.0 Å². The van der Waals surface area contributed by atoms with Gasteiger partial charge in [-0.3, -0.25) is 4.40 Å². The zero-order valence-corrected chi connectivity index (χ0v) is 14.1. The summed E-state index contributed by atoms with van der Waals surface area (Å²) in [6.07, 6.45) is 3.28. The van der Waals surface area contributed by atoms with Crippen molar-refractivity contribution in [2.75, 3.05) is 6.54 Å². The van der Waals surface area contributed by atoms with E-state index < -0.39 is 10.0 Å². The largest absolute Gasteiger partial charge is 0.285 e. The number of hydrogen-bond acceptors (Lipinski definition) is 5. The molecule has 126 valence electrons. The van der Waals surface area contributed by atoms with Crippen molar-refractivity contribution >= 4 is 15.7 Å². The smallest absolute Gasteiger partial charge is 0.243 e. The Bertz CT molecular complexity index is 1080. The molecule has 1 fully saturated rings. The van der Waals surface area contributed by atoms with Crippen molar-refractivity contribution in [1.29, 1.82) is 5.26 Å². The molecule has 2 aromatic heterocycles. The summed E-state index contributed by atoms with van der Waals surface area (Å²) in [6.45, 7) is 0.422. The van der Waals surface area contributed by atoms with Crippen LogP contribution in [0, 0.1) is 11.3 Å². The van der Waals surface area contributed by atoms with Crippen molar-refractivity contribution in [2.24, 2.45) is 0 Å². The molecule has 7 nitrogen and oxygen atoms in total. The average Bonchev–Trinajstić information content (AvgIpc) is 3.28. The molecular weight excluding hydrogens is 338 g/mol. The summed E-state index contributed by atoms with van der Waals surface area (Å²) in [4.78, 5) is 0.132. The number of sulfonamides is 1. The van der Waals surface area contributed by atoms with Crippen LogP contribution in [-0.4, -0.2) is 33.9 Å². The Kier molecular flexibility index (Phi) is 3.75. The summed E-state index contributed by atoms with van der Waals surface area (Å²) in [5.41, 5.74) is 1.01. The van der Waals surface area contributed by atoms with E-state index in [-0.39, 0.29) is 10.9 Å². The third-order valence-electron chi connectivity index (χ3n) is 4.41. The number of rotatable bonds is 3. The van der Waals surface area contributed by atoms with Gasteiger partial charge in [0, 0.05) is 12.7 Å². The van der Waals surface area contributed by atoms with Crippen LogP contribution in [0.15, 0.2) is 53.6 Å². The molecule has 1 aliphatic heterocycles. The number of pyridine rings is 1. The van der Waals surface area contributed by atoms with Crippen molar-refractivity contribution < 1.29 is 8.42 Å². The van der Waals surface area contributed by atoms with Gasteiger partial charge < -0.3 is 0 Å². The monoisotopic (exact) mass is 353 g/mol. The minimum atomic E-state index is -3.71. The van der Waals surface area contributed by atoms with E-state index in [1.165, 1.54) is 16.4 Å². The molecule has 3 heterocycles. The van der Waals surface area contributed by atoms with Crippen molar-refractivity contribution in [1.82, 2.24) is 18.9 Å². The van der Waals surface area contributed by atoms with Gasteiger partial charge in [-0.1, -0.05) is 12.1 Å². The van der Waals surface area contributed by atoms with Crippen molar-refractivity contribution in [3.05, 3.63) is 60.0 Å². The van der Waals surface area contributed by atoms with Crippen LogP contribution >= 0.6 is 0 Å². The summed E-state index contributed by atoms with van der Waals surface area (Å²) in [5, 5.41) is 17.4. The van der Waals surface area contributed by atoms with Crippen LogP contribution in [0.25, 0.3) is 5.65 Å². The second kappa shape index (κ2) is 5.95. The summed E-state index contributed by atoms with van der Waals surface area (Å²) < 4.78 is 29.5. The minimum Gasteiger partial charge on any atom is -0.285 e. The van der Waals surface area contributed by atoms with Gasteiger partial charge in [0.05, 0.1) is 22.6 Å². The first kappa shape index (κ1) is 15.7. The van der Waals surface area contributed by atoms with E-state index in [2.05, 4.69) is 10.2 Å². The number of hydrogen-bond donors (Lipinski definition) is 0. The summed E-state index contributed by atoms with van der Waals surface area (Å²) in [7, 11) is -3.71. The average molecular weight is 353 g/mol. The van der Waals surface area contributed by atoms with Crippen molar-refractivity contribution in [3.8, 4) is 6.07 Å². The Morgan fingerprint density at radius 1 is 1.16 bits per heavy atom. The maximum Gasteiger partial charge on any atom is 0.243 e. The van der Waals surface area contributed by atoms with E-state index in [9.17, 15) is 8.42 Å². The molecular formula is C17H15N5O2S. The van der Waals surface area contributed by atoms with Crippen LogP contribution in [0.3, 0.4) is 0 Å². The van der Waals surface area contributed by atoms with Crippen LogP contribution in [0.5, 0.6) is 0 Å². The van der Waals surface area contributed by atoms with Gasteiger partial charge in [-0.05, 0) is 43.2 Å².